The van der Waals surface area contributed by atoms with Crippen LogP contribution >= 0.6 is 31.9 Å². The molecule has 0 radical (unpaired) electrons. The van der Waals surface area contributed by atoms with Gasteiger partial charge in [-0.2, -0.15) is 0 Å². The highest BCUT2D eigenvalue weighted by Gasteiger charge is 2.21. The lowest BCUT2D eigenvalue weighted by Gasteiger charge is -2.19. The lowest BCUT2D eigenvalue weighted by Crippen LogP contribution is -2.18. The van der Waals surface area contributed by atoms with Crippen molar-refractivity contribution in [3.63, 3.8) is 0 Å². The molecule has 0 fully saturated rings. The molecular formula is C21H30Br2O2. The van der Waals surface area contributed by atoms with Crippen LogP contribution in [0.4, 0.5) is 0 Å². The second kappa shape index (κ2) is 13.6. The maximum absolute atomic E-state index is 12.4. The minimum atomic E-state index is -0.303. The Bertz CT molecular complexity index is 500. The van der Waals surface area contributed by atoms with E-state index in [9.17, 15) is 4.79 Å². The van der Waals surface area contributed by atoms with Crippen LogP contribution in [-0.2, 0) is 4.79 Å². The van der Waals surface area contributed by atoms with Crippen LogP contribution in [0.25, 0.3) is 0 Å². The van der Waals surface area contributed by atoms with Crippen molar-refractivity contribution in [3.05, 3.63) is 42.5 Å². The van der Waals surface area contributed by atoms with Gasteiger partial charge in [0.1, 0.15) is 5.75 Å². The second-order valence-corrected chi connectivity index (χ2v) is 9.89. The summed E-state index contributed by atoms with van der Waals surface area (Å²) in [6, 6.07) is 9.21. The molecule has 0 aliphatic carbocycles. The molecule has 0 saturated carbocycles. The molecule has 1 aromatic carbocycles. The Morgan fingerprint density at radius 2 is 1.64 bits per heavy atom. The Kier molecular flexibility index (Phi) is 12.2. The van der Waals surface area contributed by atoms with Gasteiger partial charge in [-0.1, -0.05) is 102 Å². The van der Waals surface area contributed by atoms with Gasteiger partial charge in [0.05, 0.1) is 3.74 Å². The molecule has 4 heteroatoms. The number of hydrogen-bond donors (Lipinski definition) is 0. The van der Waals surface area contributed by atoms with Gasteiger partial charge in [0.2, 0.25) is 0 Å². The third-order valence-electron chi connectivity index (χ3n) is 4.35. The van der Waals surface area contributed by atoms with Crippen LogP contribution in [0, 0.1) is 5.92 Å². The topological polar surface area (TPSA) is 26.3 Å². The largest absolute Gasteiger partial charge is 0.423 e. The van der Waals surface area contributed by atoms with Gasteiger partial charge in [-0.25, -0.2) is 4.79 Å². The average molecular weight is 474 g/mol. The predicted octanol–water partition coefficient (Wildman–Crippen LogP) is 7.41. The molecule has 1 rings (SSSR count). The van der Waals surface area contributed by atoms with Crippen molar-refractivity contribution >= 4 is 37.8 Å². The molecule has 140 valence electrons. The van der Waals surface area contributed by atoms with E-state index in [-0.39, 0.29) is 15.6 Å². The number of esters is 1. The summed E-state index contributed by atoms with van der Waals surface area (Å²) in [5.41, 5.74) is 0.595. The standard InChI is InChI=1S/C21H30Br2O2/c1-3-4-5-6-7-9-12-18(15-16-20(22)23)17(2)21(24)25-19-13-10-8-11-14-19/h8,10-11,13-14,18,20H,2-7,9,12,15-16H2,1H3. The van der Waals surface area contributed by atoms with E-state index < -0.39 is 0 Å². The molecule has 0 heterocycles. The summed E-state index contributed by atoms with van der Waals surface area (Å²) >= 11 is 7.05. The highest BCUT2D eigenvalue weighted by molar-refractivity contribution is 9.24. The zero-order valence-electron chi connectivity index (χ0n) is 15.2. The van der Waals surface area contributed by atoms with Gasteiger partial charge in [-0.15, -0.1) is 0 Å². The van der Waals surface area contributed by atoms with E-state index in [2.05, 4.69) is 45.4 Å². The zero-order valence-corrected chi connectivity index (χ0v) is 18.4. The van der Waals surface area contributed by atoms with Crippen LogP contribution in [0.15, 0.2) is 42.5 Å². The number of ether oxygens (including phenoxy) is 1. The molecule has 1 unspecified atom stereocenters. The van der Waals surface area contributed by atoms with E-state index in [0.717, 1.165) is 25.7 Å². The van der Waals surface area contributed by atoms with E-state index in [1.807, 2.05) is 18.2 Å². The lowest BCUT2D eigenvalue weighted by molar-refractivity contribution is -0.130. The summed E-state index contributed by atoms with van der Waals surface area (Å²) in [6.07, 6.45) is 10.4. The van der Waals surface area contributed by atoms with Crippen LogP contribution in [0.1, 0.15) is 64.7 Å². The third-order valence-corrected chi connectivity index (χ3v) is 5.26. The SMILES string of the molecule is C=C(C(=O)Oc1ccccc1)C(CCCCCCCC)CCC(Br)Br. The Hall–Kier alpha value is -0.610. The lowest BCUT2D eigenvalue weighted by atomic mass is 9.89. The first kappa shape index (κ1) is 22.4. The van der Waals surface area contributed by atoms with Crippen molar-refractivity contribution in [1.29, 1.82) is 0 Å². The van der Waals surface area contributed by atoms with Crippen molar-refractivity contribution in [1.82, 2.24) is 0 Å². The molecule has 1 atom stereocenters. The average Bonchev–Trinajstić information content (AvgIpc) is 2.60. The number of carbonyl (C=O) groups is 1. The first-order valence-corrected chi connectivity index (χ1v) is 11.1. The maximum atomic E-state index is 12.4. The van der Waals surface area contributed by atoms with Gasteiger partial charge in [0, 0.05) is 5.57 Å². The number of unbranched alkanes of at least 4 members (excludes halogenated alkanes) is 5. The highest BCUT2D eigenvalue weighted by Crippen LogP contribution is 2.28. The van der Waals surface area contributed by atoms with Crippen LogP contribution in [0.2, 0.25) is 0 Å². The summed E-state index contributed by atoms with van der Waals surface area (Å²) in [5, 5.41) is 0. The zero-order chi connectivity index (χ0) is 18.5. The monoisotopic (exact) mass is 472 g/mol. The van der Waals surface area contributed by atoms with Crippen molar-refractivity contribution in [2.45, 2.75) is 68.4 Å². The smallest absolute Gasteiger partial charge is 0.339 e. The van der Waals surface area contributed by atoms with Gasteiger partial charge >= 0.3 is 5.97 Å². The van der Waals surface area contributed by atoms with E-state index >= 15 is 0 Å². The summed E-state index contributed by atoms with van der Waals surface area (Å²) < 4.78 is 5.73. The molecule has 1 aromatic rings. The van der Waals surface area contributed by atoms with Gasteiger partial charge in [-0.3, -0.25) is 0 Å². The second-order valence-electron chi connectivity index (χ2n) is 6.45. The summed E-state index contributed by atoms with van der Waals surface area (Å²) in [7, 11) is 0. The number of rotatable bonds is 13. The van der Waals surface area contributed by atoms with Crippen LogP contribution < -0.4 is 4.74 Å². The minimum Gasteiger partial charge on any atom is -0.423 e. The summed E-state index contributed by atoms with van der Waals surface area (Å²) in [5.74, 6) is 0.452. The number of carbonyl (C=O) groups excluding carboxylic acids is 1. The van der Waals surface area contributed by atoms with E-state index in [1.165, 1.54) is 32.1 Å². The molecule has 0 bridgehead atoms. The van der Waals surface area contributed by atoms with Crippen molar-refractivity contribution in [3.8, 4) is 5.75 Å². The predicted molar refractivity (Wildman–Crippen MR) is 114 cm³/mol. The normalized spacial score (nSPS) is 12.2. The maximum Gasteiger partial charge on any atom is 0.339 e. The van der Waals surface area contributed by atoms with E-state index in [0.29, 0.717) is 11.3 Å². The molecule has 0 aliphatic heterocycles. The highest BCUT2D eigenvalue weighted by atomic mass is 79.9. The Balaban J connectivity index is 2.51. The Morgan fingerprint density at radius 3 is 2.28 bits per heavy atom. The first-order chi connectivity index (χ1) is 12.0. The molecule has 0 aliphatic rings. The molecule has 0 amide bonds. The van der Waals surface area contributed by atoms with Gasteiger partial charge in [0.15, 0.2) is 0 Å². The van der Waals surface area contributed by atoms with Crippen molar-refractivity contribution < 1.29 is 9.53 Å². The van der Waals surface area contributed by atoms with Crippen LogP contribution in [0.3, 0.4) is 0 Å². The molecule has 0 N–H and O–H groups in total. The fourth-order valence-corrected chi connectivity index (χ4v) is 3.35. The molecule has 0 saturated heterocycles. The van der Waals surface area contributed by atoms with E-state index in [4.69, 9.17) is 4.74 Å². The van der Waals surface area contributed by atoms with Gasteiger partial charge in [0.25, 0.3) is 0 Å². The third kappa shape index (κ3) is 10.2. The molecular weight excluding hydrogens is 444 g/mol. The number of halogens is 2. The molecule has 0 spiro atoms. The van der Waals surface area contributed by atoms with Crippen molar-refractivity contribution in [2.24, 2.45) is 5.92 Å². The number of para-hydroxylation sites is 1. The van der Waals surface area contributed by atoms with Gasteiger partial charge < -0.3 is 4.74 Å². The first-order valence-electron chi connectivity index (χ1n) is 9.28. The van der Waals surface area contributed by atoms with Gasteiger partial charge in [-0.05, 0) is 37.3 Å². The quantitative estimate of drug-likeness (QED) is 0.0979. The number of alkyl halides is 2. The Labute approximate surface area is 169 Å². The molecule has 2 nitrogen and oxygen atoms in total. The summed E-state index contributed by atoms with van der Waals surface area (Å²) in [6.45, 7) is 6.28. The number of hydrogen-bond acceptors (Lipinski definition) is 2. The van der Waals surface area contributed by atoms with Crippen LogP contribution in [-0.4, -0.2) is 9.71 Å². The fraction of sp³-hybridized carbons (Fsp3) is 0.571. The number of benzene rings is 1. The Morgan fingerprint density at radius 1 is 1.00 bits per heavy atom. The van der Waals surface area contributed by atoms with Crippen LogP contribution in [0.5, 0.6) is 5.75 Å². The fourth-order valence-electron chi connectivity index (χ4n) is 2.82. The van der Waals surface area contributed by atoms with E-state index in [1.54, 1.807) is 12.1 Å². The minimum absolute atomic E-state index is 0.181. The molecule has 25 heavy (non-hydrogen) atoms. The van der Waals surface area contributed by atoms with Crippen molar-refractivity contribution in [2.75, 3.05) is 0 Å². The molecule has 0 aromatic heterocycles. The summed E-state index contributed by atoms with van der Waals surface area (Å²) in [4.78, 5) is 12.4.